The Hall–Kier alpha value is -2.86. The molecule has 0 fully saturated rings. The second kappa shape index (κ2) is 4.67. The Labute approximate surface area is 116 Å². The van der Waals surface area contributed by atoms with E-state index in [1.165, 1.54) is 0 Å². The summed E-state index contributed by atoms with van der Waals surface area (Å²) >= 11 is 0. The summed E-state index contributed by atoms with van der Waals surface area (Å²) in [6.07, 6.45) is 0. The zero-order valence-corrected chi connectivity index (χ0v) is 11.0. The molecule has 96 valence electrons. The van der Waals surface area contributed by atoms with Gasteiger partial charge in [-0.05, 0) is 35.4 Å². The van der Waals surface area contributed by atoms with Gasteiger partial charge in [-0.2, -0.15) is 5.26 Å². The zero-order valence-electron chi connectivity index (χ0n) is 11.0. The number of rotatable bonds is 1. The third-order valence-corrected chi connectivity index (χ3v) is 3.34. The van der Waals surface area contributed by atoms with E-state index in [1.807, 2.05) is 61.5 Å². The van der Waals surface area contributed by atoms with Crippen molar-refractivity contribution >= 4 is 10.8 Å². The number of hydrogen-bond acceptors (Lipinski definition) is 2. The number of hydrogen-bond donors (Lipinski definition) is 1. The molecular formula is C17H12N2O. The van der Waals surface area contributed by atoms with Gasteiger partial charge < -0.3 is 4.98 Å². The Bertz CT molecular complexity index is 901. The van der Waals surface area contributed by atoms with Crippen LogP contribution in [0.2, 0.25) is 0 Å². The van der Waals surface area contributed by atoms with Crippen LogP contribution >= 0.6 is 0 Å². The van der Waals surface area contributed by atoms with E-state index in [4.69, 9.17) is 0 Å². The maximum Gasteiger partial charge on any atom is 0.266 e. The van der Waals surface area contributed by atoms with Gasteiger partial charge in [0.15, 0.2) is 0 Å². The highest BCUT2D eigenvalue weighted by Crippen LogP contribution is 2.26. The summed E-state index contributed by atoms with van der Waals surface area (Å²) in [4.78, 5) is 14.5. The molecule has 0 saturated carbocycles. The normalized spacial score (nSPS) is 10.4. The molecule has 0 bridgehead atoms. The molecule has 0 atom stereocenters. The topological polar surface area (TPSA) is 56.6 Å². The highest BCUT2D eigenvalue weighted by atomic mass is 16.1. The van der Waals surface area contributed by atoms with Crippen molar-refractivity contribution in [3.05, 3.63) is 70.1 Å². The molecule has 3 heteroatoms. The predicted molar refractivity (Wildman–Crippen MR) is 79.5 cm³/mol. The van der Waals surface area contributed by atoms with Gasteiger partial charge in [0.2, 0.25) is 0 Å². The number of aromatic amines is 1. The Morgan fingerprint density at radius 1 is 1.05 bits per heavy atom. The molecule has 20 heavy (non-hydrogen) atoms. The Kier molecular flexibility index (Phi) is 2.85. The SMILES string of the molecule is Cc1cc(-c2ccc3ccccc3c2)c(C#N)c(=O)[nH]1. The number of benzene rings is 2. The standard InChI is InChI=1S/C17H12N2O/c1-11-8-15(16(10-18)17(20)19-11)14-7-6-12-4-2-3-5-13(12)9-14/h2-9H,1H3,(H,19,20). The lowest BCUT2D eigenvalue weighted by atomic mass is 9.98. The van der Waals surface area contributed by atoms with Gasteiger partial charge in [-0.1, -0.05) is 36.4 Å². The Morgan fingerprint density at radius 3 is 2.55 bits per heavy atom. The van der Waals surface area contributed by atoms with Crippen molar-refractivity contribution in [1.29, 1.82) is 5.26 Å². The molecule has 0 saturated heterocycles. The summed E-state index contributed by atoms with van der Waals surface area (Å²) in [5, 5.41) is 11.4. The molecule has 1 N–H and O–H groups in total. The molecule has 2 aromatic carbocycles. The van der Waals surface area contributed by atoms with Gasteiger partial charge in [-0.25, -0.2) is 0 Å². The van der Waals surface area contributed by atoms with Crippen LogP contribution in [-0.4, -0.2) is 4.98 Å². The molecule has 3 aromatic rings. The van der Waals surface area contributed by atoms with Crippen LogP contribution in [0.15, 0.2) is 53.3 Å². The maximum atomic E-state index is 11.9. The van der Waals surface area contributed by atoms with Crippen molar-refractivity contribution in [2.45, 2.75) is 6.92 Å². The van der Waals surface area contributed by atoms with Gasteiger partial charge in [-0.15, -0.1) is 0 Å². The average molecular weight is 260 g/mol. The second-order valence-electron chi connectivity index (χ2n) is 4.74. The number of aromatic nitrogens is 1. The van der Waals surface area contributed by atoms with Crippen LogP contribution in [0.3, 0.4) is 0 Å². The van der Waals surface area contributed by atoms with Crippen molar-refractivity contribution < 1.29 is 0 Å². The van der Waals surface area contributed by atoms with E-state index < -0.39 is 0 Å². The van der Waals surface area contributed by atoms with Gasteiger partial charge in [0.25, 0.3) is 5.56 Å². The summed E-state index contributed by atoms with van der Waals surface area (Å²) in [5.41, 5.74) is 2.13. The van der Waals surface area contributed by atoms with Crippen molar-refractivity contribution in [2.24, 2.45) is 0 Å². The van der Waals surface area contributed by atoms with Crippen molar-refractivity contribution in [2.75, 3.05) is 0 Å². The van der Waals surface area contributed by atoms with Crippen LogP contribution in [0, 0.1) is 18.3 Å². The average Bonchev–Trinajstić information content (AvgIpc) is 2.46. The van der Waals surface area contributed by atoms with Crippen LogP contribution < -0.4 is 5.56 Å². The molecule has 3 rings (SSSR count). The van der Waals surface area contributed by atoms with E-state index >= 15 is 0 Å². The van der Waals surface area contributed by atoms with Gasteiger partial charge in [0.1, 0.15) is 11.6 Å². The van der Waals surface area contributed by atoms with Crippen molar-refractivity contribution in [3.63, 3.8) is 0 Å². The van der Waals surface area contributed by atoms with E-state index in [0.29, 0.717) is 5.56 Å². The first kappa shape index (κ1) is 12.2. The first-order valence-corrected chi connectivity index (χ1v) is 6.32. The van der Waals surface area contributed by atoms with E-state index in [-0.39, 0.29) is 11.1 Å². The fourth-order valence-electron chi connectivity index (χ4n) is 2.38. The van der Waals surface area contributed by atoms with E-state index in [0.717, 1.165) is 22.0 Å². The molecule has 1 aromatic heterocycles. The van der Waals surface area contributed by atoms with Gasteiger partial charge in [0, 0.05) is 11.3 Å². The third-order valence-electron chi connectivity index (χ3n) is 3.34. The number of aryl methyl sites for hydroxylation is 1. The van der Waals surface area contributed by atoms with Crippen LogP contribution in [0.4, 0.5) is 0 Å². The summed E-state index contributed by atoms with van der Waals surface area (Å²) in [7, 11) is 0. The molecule has 0 amide bonds. The Morgan fingerprint density at radius 2 is 1.80 bits per heavy atom. The minimum atomic E-state index is -0.337. The first-order valence-electron chi connectivity index (χ1n) is 6.32. The number of pyridine rings is 1. The van der Waals surface area contributed by atoms with Gasteiger partial charge in [0.05, 0.1) is 0 Å². The highest BCUT2D eigenvalue weighted by molar-refractivity contribution is 5.88. The first-order chi connectivity index (χ1) is 9.69. The van der Waals surface area contributed by atoms with Crippen LogP contribution in [0.25, 0.3) is 21.9 Å². The van der Waals surface area contributed by atoms with Crippen LogP contribution in [0.1, 0.15) is 11.3 Å². The number of fused-ring (bicyclic) bond motifs is 1. The second-order valence-corrected chi connectivity index (χ2v) is 4.74. The van der Waals surface area contributed by atoms with Crippen molar-refractivity contribution in [3.8, 4) is 17.2 Å². The quantitative estimate of drug-likeness (QED) is 0.729. The smallest absolute Gasteiger partial charge is 0.266 e. The van der Waals surface area contributed by atoms with Crippen LogP contribution in [-0.2, 0) is 0 Å². The minimum Gasteiger partial charge on any atom is -0.325 e. The zero-order chi connectivity index (χ0) is 14.1. The fraction of sp³-hybridized carbons (Fsp3) is 0.0588. The molecule has 0 aliphatic rings. The van der Waals surface area contributed by atoms with Gasteiger partial charge >= 0.3 is 0 Å². The number of nitrogens with zero attached hydrogens (tertiary/aromatic N) is 1. The highest BCUT2D eigenvalue weighted by Gasteiger charge is 2.10. The molecule has 1 heterocycles. The van der Waals surface area contributed by atoms with Crippen molar-refractivity contribution in [1.82, 2.24) is 4.98 Å². The summed E-state index contributed by atoms with van der Waals surface area (Å²) in [6.45, 7) is 1.81. The third kappa shape index (κ3) is 1.98. The lowest BCUT2D eigenvalue weighted by Crippen LogP contribution is -2.12. The number of nitriles is 1. The maximum absolute atomic E-state index is 11.9. The number of H-pyrrole nitrogens is 1. The monoisotopic (exact) mass is 260 g/mol. The largest absolute Gasteiger partial charge is 0.325 e. The predicted octanol–water partition coefficient (Wildman–Crippen LogP) is 3.38. The lowest BCUT2D eigenvalue weighted by Gasteiger charge is -2.07. The molecule has 0 aliphatic carbocycles. The molecule has 0 spiro atoms. The fourth-order valence-corrected chi connectivity index (χ4v) is 2.38. The summed E-state index contributed by atoms with van der Waals surface area (Å²) < 4.78 is 0. The molecule has 0 radical (unpaired) electrons. The Balaban J connectivity index is 2.31. The molecule has 3 nitrogen and oxygen atoms in total. The minimum absolute atomic E-state index is 0.158. The number of nitrogens with one attached hydrogen (secondary N) is 1. The van der Waals surface area contributed by atoms with E-state index in [9.17, 15) is 10.1 Å². The van der Waals surface area contributed by atoms with Gasteiger partial charge in [-0.3, -0.25) is 4.79 Å². The molecular weight excluding hydrogens is 248 g/mol. The van der Waals surface area contributed by atoms with E-state index in [2.05, 4.69) is 4.98 Å². The lowest BCUT2D eigenvalue weighted by molar-refractivity contribution is 1.13. The summed E-state index contributed by atoms with van der Waals surface area (Å²) in [6, 6.07) is 17.8. The van der Waals surface area contributed by atoms with E-state index in [1.54, 1.807) is 0 Å². The molecule has 0 aliphatic heterocycles. The summed E-state index contributed by atoms with van der Waals surface area (Å²) in [5.74, 6) is 0. The van der Waals surface area contributed by atoms with Crippen LogP contribution in [0.5, 0.6) is 0 Å². The molecule has 0 unspecified atom stereocenters.